The summed E-state index contributed by atoms with van der Waals surface area (Å²) in [5.41, 5.74) is 2.92. The first kappa shape index (κ1) is 22.2. The SMILES string of the molecule is O=C(C=Cc1ccc(-c2cccc(Cl)c2Cl)o1)NC(=S)Nc1ccc2c(c1)oc1ccccc12. The summed E-state index contributed by atoms with van der Waals surface area (Å²) in [6.45, 7) is 0. The van der Waals surface area contributed by atoms with E-state index >= 15 is 0 Å². The van der Waals surface area contributed by atoms with Crippen LogP contribution in [0.2, 0.25) is 10.0 Å². The largest absolute Gasteiger partial charge is 0.457 e. The van der Waals surface area contributed by atoms with Crippen LogP contribution in [0.4, 0.5) is 5.69 Å². The summed E-state index contributed by atoms with van der Waals surface area (Å²) in [5.74, 6) is 0.627. The summed E-state index contributed by atoms with van der Waals surface area (Å²) < 4.78 is 11.6. The number of halogens is 2. The van der Waals surface area contributed by atoms with Gasteiger partial charge in [0.2, 0.25) is 5.91 Å². The number of carbonyl (C=O) groups excluding carboxylic acids is 1. The quantitative estimate of drug-likeness (QED) is 0.193. The zero-order valence-corrected chi connectivity index (χ0v) is 19.8. The smallest absolute Gasteiger partial charge is 0.250 e. The van der Waals surface area contributed by atoms with E-state index in [1.165, 1.54) is 6.08 Å². The minimum Gasteiger partial charge on any atom is -0.457 e. The number of furan rings is 2. The molecule has 1 amide bonds. The highest BCUT2D eigenvalue weighted by atomic mass is 35.5. The van der Waals surface area contributed by atoms with Crippen LogP contribution < -0.4 is 10.6 Å². The van der Waals surface area contributed by atoms with Gasteiger partial charge in [-0.3, -0.25) is 10.1 Å². The van der Waals surface area contributed by atoms with Crippen molar-refractivity contribution in [2.24, 2.45) is 0 Å². The lowest BCUT2D eigenvalue weighted by molar-refractivity contribution is -0.115. The van der Waals surface area contributed by atoms with E-state index in [1.807, 2.05) is 42.5 Å². The van der Waals surface area contributed by atoms with Gasteiger partial charge in [-0.1, -0.05) is 47.5 Å². The van der Waals surface area contributed by atoms with Crippen LogP contribution in [0.1, 0.15) is 5.76 Å². The van der Waals surface area contributed by atoms with Crippen LogP contribution in [0, 0.1) is 0 Å². The second-order valence-electron chi connectivity index (χ2n) is 7.39. The lowest BCUT2D eigenvalue weighted by Crippen LogP contribution is -2.32. The van der Waals surface area contributed by atoms with Gasteiger partial charge in [-0.05, 0) is 60.8 Å². The molecule has 2 heterocycles. The molecule has 5 aromatic rings. The molecule has 2 aromatic heterocycles. The summed E-state index contributed by atoms with van der Waals surface area (Å²) in [5, 5.41) is 8.67. The van der Waals surface area contributed by atoms with Crippen molar-refractivity contribution in [3.8, 4) is 11.3 Å². The molecule has 0 bridgehead atoms. The predicted octanol–water partition coefficient (Wildman–Crippen LogP) is 7.68. The number of carbonyl (C=O) groups is 1. The Morgan fingerprint density at radius 2 is 1.71 bits per heavy atom. The van der Waals surface area contributed by atoms with Crippen LogP contribution in [-0.2, 0) is 4.79 Å². The highest BCUT2D eigenvalue weighted by molar-refractivity contribution is 7.80. The standard InChI is InChI=1S/C26H16Cl2N2O3S/c27-20-6-3-5-19(25(20)28)22-12-9-16(32-22)10-13-24(31)30-26(34)29-15-8-11-18-17-4-1-2-7-21(17)33-23(18)14-15/h1-14H,(H2,29,30,31,34). The van der Waals surface area contributed by atoms with Crippen molar-refractivity contribution in [3.63, 3.8) is 0 Å². The van der Waals surface area contributed by atoms with Gasteiger partial charge in [-0.15, -0.1) is 0 Å². The maximum absolute atomic E-state index is 12.3. The molecule has 0 aliphatic carbocycles. The van der Waals surface area contributed by atoms with E-state index in [-0.39, 0.29) is 5.11 Å². The van der Waals surface area contributed by atoms with E-state index in [4.69, 9.17) is 44.3 Å². The third-order valence-corrected chi connectivity index (χ3v) is 6.14. The number of anilines is 1. The minimum absolute atomic E-state index is 0.163. The fraction of sp³-hybridized carbons (Fsp3) is 0. The maximum Gasteiger partial charge on any atom is 0.250 e. The van der Waals surface area contributed by atoms with Crippen LogP contribution in [0.3, 0.4) is 0 Å². The molecule has 0 spiro atoms. The first-order valence-electron chi connectivity index (χ1n) is 10.2. The Morgan fingerprint density at radius 1 is 0.882 bits per heavy atom. The Bertz CT molecular complexity index is 1590. The fourth-order valence-corrected chi connectivity index (χ4v) is 4.17. The molecule has 3 aromatic carbocycles. The van der Waals surface area contributed by atoms with Crippen molar-refractivity contribution in [1.82, 2.24) is 5.32 Å². The van der Waals surface area contributed by atoms with Crippen LogP contribution in [-0.4, -0.2) is 11.0 Å². The summed E-state index contributed by atoms with van der Waals surface area (Å²) >= 11 is 17.6. The lowest BCUT2D eigenvalue weighted by Gasteiger charge is -2.07. The highest BCUT2D eigenvalue weighted by Crippen LogP contribution is 2.34. The molecule has 0 saturated heterocycles. The number of thiocarbonyl (C=S) groups is 1. The number of hydrogen-bond donors (Lipinski definition) is 2. The van der Waals surface area contributed by atoms with E-state index in [0.29, 0.717) is 32.8 Å². The van der Waals surface area contributed by atoms with Crippen LogP contribution in [0.25, 0.3) is 39.3 Å². The van der Waals surface area contributed by atoms with Crippen molar-refractivity contribution in [3.05, 3.63) is 94.7 Å². The molecule has 2 N–H and O–H groups in total. The molecular formula is C26H16Cl2N2O3S. The minimum atomic E-state index is -0.402. The number of hydrogen-bond acceptors (Lipinski definition) is 4. The molecule has 0 radical (unpaired) electrons. The van der Waals surface area contributed by atoms with Crippen molar-refractivity contribution < 1.29 is 13.6 Å². The number of fused-ring (bicyclic) bond motifs is 3. The summed E-state index contributed by atoms with van der Waals surface area (Å²) in [6.07, 6.45) is 2.87. The molecule has 34 heavy (non-hydrogen) atoms. The van der Waals surface area contributed by atoms with Gasteiger partial charge in [-0.25, -0.2) is 0 Å². The molecule has 5 rings (SSSR count). The number of para-hydroxylation sites is 1. The van der Waals surface area contributed by atoms with Gasteiger partial charge in [0.1, 0.15) is 22.7 Å². The lowest BCUT2D eigenvalue weighted by atomic mass is 10.1. The van der Waals surface area contributed by atoms with Crippen molar-refractivity contribution in [2.45, 2.75) is 0 Å². The summed E-state index contributed by atoms with van der Waals surface area (Å²) in [7, 11) is 0. The Morgan fingerprint density at radius 3 is 2.59 bits per heavy atom. The average molecular weight is 507 g/mol. The molecule has 5 nitrogen and oxygen atoms in total. The van der Waals surface area contributed by atoms with Crippen LogP contribution in [0.15, 0.2) is 87.7 Å². The Hall–Kier alpha value is -3.58. The van der Waals surface area contributed by atoms with Crippen molar-refractivity contribution in [1.29, 1.82) is 0 Å². The van der Waals surface area contributed by atoms with Gasteiger partial charge < -0.3 is 14.2 Å². The third kappa shape index (κ3) is 4.56. The number of nitrogens with one attached hydrogen (secondary N) is 2. The molecule has 0 fully saturated rings. The van der Waals surface area contributed by atoms with Gasteiger partial charge in [0.05, 0.1) is 10.0 Å². The summed E-state index contributed by atoms with van der Waals surface area (Å²) in [4.78, 5) is 12.3. The zero-order chi connectivity index (χ0) is 23.7. The highest BCUT2D eigenvalue weighted by Gasteiger charge is 2.11. The van der Waals surface area contributed by atoms with Crippen LogP contribution >= 0.6 is 35.4 Å². The average Bonchev–Trinajstić information content (AvgIpc) is 3.43. The fourth-order valence-electron chi connectivity index (χ4n) is 3.56. The first-order chi connectivity index (χ1) is 16.5. The van der Waals surface area contributed by atoms with Gasteiger partial charge >= 0.3 is 0 Å². The molecule has 0 atom stereocenters. The second-order valence-corrected chi connectivity index (χ2v) is 8.58. The molecule has 0 aliphatic rings. The molecule has 168 valence electrons. The van der Waals surface area contributed by atoms with E-state index in [1.54, 1.807) is 36.4 Å². The van der Waals surface area contributed by atoms with E-state index < -0.39 is 5.91 Å². The van der Waals surface area contributed by atoms with Gasteiger partial charge in [0, 0.05) is 34.2 Å². The van der Waals surface area contributed by atoms with Crippen LogP contribution in [0.5, 0.6) is 0 Å². The van der Waals surface area contributed by atoms with E-state index in [0.717, 1.165) is 21.9 Å². The van der Waals surface area contributed by atoms with E-state index in [9.17, 15) is 4.79 Å². The van der Waals surface area contributed by atoms with Gasteiger partial charge in [0.25, 0.3) is 0 Å². The Labute approximate surface area is 209 Å². The topological polar surface area (TPSA) is 67.4 Å². The first-order valence-corrected chi connectivity index (χ1v) is 11.4. The van der Waals surface area contributed by atoms with Crippen molar-refractivity contribution >= 4 is 80.1 Å². The van der Waals surface area contributed by atoms with Gasteiger partial charge in [0.15, 0.2) is 5.11 Å². The third-order valence-electron chi connectivity index (χ3n) is 5.12. The van der Waals surface area contributed by atoms with E-state index in [2.05, 4.69) is 10.6 Å². The molecular weight excluding hydrogens is 491 g/mol. The Kier molecular flexibility index (Phi) is 6.11. The van der Waals surface area contributed by atoms with Crippen molar-refractivity contribution in [2.75, 3.05) is 5.32 Å². The molecule has 8 heteroatoms. The zero-order valence-electron chi connectivity index (χ0n) is 17.5. The Balaban J connectivity index is 1.22. The van der Waals surface area contributed by atoms with Gasteiger partial charge in [-0.2, -0.15) is 0 Å². The predicted molar refractivity (Wildman–Crippen MR) is 141 cm³/mol. The number of benzene rings is 3. The summed E-state index contributed by atoms with van der Waals surface area (Å²) in [6, 6.07) is 22.3. The molecule has 0 aliphatic heterocycles. The normalized spacial score (nSPS) is 11.4. The monoisotopic (exact) mass is 506 g/mol. The maximum atomic E-state index is 12.3. The number of rotatable bonds is 4. The molecule has 0 saturated carbocycles. The molecule has 0 unspecified atom stereocenters. The second kappa shape index (κ2) is 9.35. The number of amides is 1.